The predicted octanol–water partition coefficient (Wildman–Crippen LogP) is 1.04. The Bertz CT molecular complexity index is 794. The van der Waals surface area contributed by atoms with Gasteiger partial charge in [-0.15, -0.1) is 0 Å². The molecule has 1 fully saturated rings. The largest absolute Gasteiger partial charge is 2.00 e. The van der Waals surface area contributed by atoms with E-state index in [1.807, 2.05) is 61.2 Å². The minimum absolute atomic E-state index is 0. The summed E-state index contributed by atoms with van der Waals surface area (Å²) in [5.74, 6) is 0. The summed E-state index contributed by atoms with van der Waals surface area (Å²) in [5, 5.41) is 29.5. The van der Waals surface area contributed by atoms with Crippen molar-refractivity contribution in [3.63, 3.8) is 0 Å². The molecule has 0 spiro atoms. The van der Waals surface area contributed by atoms with Crippen LogP contribution in [0.4, 0.5) is 0 Å². The molecule has 0 amide bonds. The van der Waals surface area contributed by atoms with Crippen LogP contribution in [0.15, 0.2) is 61.2 Å². The smallest absolute Gasteiger partial charge is 0.358 e. The molecular formula is C18H24N6O6PtS4. The van der Waals surface area contributed by atoms with Crippen LogP contribution in [-0.4, -0.2) is 30.9 Å². The van der Waals surface area contributed by atoms with Gasteiger partial charge in [0.1, 0.15) is 8.64 Å². The Kier molecular flexibility index (Phi) is 25.3. The maximum atomic E-state index is 8.25. The van der Waals surface area contributed by atoms with Crippen LogP contribution in [0.3, 0.4) is 0 Å². The molecule has 2 heterocycles. The molecule has 4 N–H and O–H groups in total. The Labute approximate surface area is 238 Å². The molecule has 1 aliphatic rings. The van der Waals surface area contributed by atoms with Crippen molar-refractivity contribution in [2.24, 2.45) is 11.5 Å². The van der Waals surface area contributed by atoms with Crippen LogP contribution in [0.2, 0.25) is 0 Å². The molecule has 196 valence electrons. The van der Waals surface area contributed by atoms with Crippen LogP contribution in [0.25, 0.3) is 0 Å². The first-order valence-electron chi connectivity index (χ1n) is 9.38. The summed E-state index contributed by atoms with van der Waals surface area (Å²) in [6.45, 7) is 0. The average molecular weight is 744 g/mol. The van der Waals surface area contributed by atoms with Crippen LogP contribution in [0, 0.1) is 30.6 Å². The van der Waals surface area contributed by atoms with Crippen molar-refractivity contribution in [3.05, 3.63) is 91.8 Å². The molecular weight excluding hydrogens is 720 g/mol. The number of hydrogen-bond donors (Lipinski definition) is 2. The van der Waals surface area contributed by atoms with E-state index in [-0.39, 0.29) is 33.1 Å². The van der Waals surface area contributed by atoms with Crippen LogP contribution in [-0.2, 0) is 46.3 Å². The Hall–Kier alpha value is -2.07. The van der Waals surface area contributed by atoms with Crippen molar-refractivity contribution < 1.29 is 40.4 Å². The summed E-state index contributed by atoms with van der Waals surface area (Å²) in [6, 6.07) is 12.0. The van der Waals surface area contributed by atoms with Crippen LogP contribution >= 0.6 is 24.4 Å². The molecule has 0 saturated heterocycles. The zero-order valence-corrected chi connectivity index (χ0v) is 23.6. The average Bonchev–Trinajstić information content (AvgIpc) is 2.77. The molecule has 1 saturated carbocycles. The molecule has 2 atom stereocenters. The van der Waals surface area contributed by atoms with Crippen LogP contribution < -0.4 is 20.6 Å². The van der Waals surface area contributed by atoms with Crippen molar-refractivity contribution >= 4 is 58.3 Å². The van der Waals surface area contributed by atoms with Gasteiger partial charge in [0, 0.05) is 36.3 Å². The Balaban J connectivity index is -0.000000378. The Morgan fingerprint density at radius 3 is 1.09 bits per heavy atom. The quantitative estimate of drug-likeness (QED) is 0.128. The second kappa shape index (κ2) is 23.7. The third-order valence-electron chi connectivity index (χ3n) is 3.73. The SMILES string of the molecule is NC1CCCCC1N.O=[N+]([O-])[O-].O=[N+]([O-])[O-].S=C([S-])[n+]1ccccc1.S=C([S-])[n+]1ccccc1.[Pt+2]. The van der Waals surface area contributed by atoms with E-state index in [0.717, 1.165) is 12.8 Å². The van der Waals surface area contributed by atoms with Crippen LogP contribution in [0.5, 0.6) is 0 Å². The Morgan fingerprint density at radius 1 is 0.714 bits per heavy atom. The van der Waals surface area contributed by atoms with Gasteiger partial charge in [0.15, 0.2) is 24.8 Å². The minimum Gasteiger partial charge on any atom is -0.358 e. The minimum atomic E-state index is -1.75. The molecule has 2 unspecified atom stereocenters. The second-order valence-electron chi connectivity index (χ2n) is 6.16. The maximum absolute atomic E-state index is 8.25. The summed E-state index contributed by atoms with van der Waals surface area (Å²) in [6.07, 6.45) is 12.1. The predicted molar refractivity (Wildman–Crippen MR) is 139 cm³/mol. The van der Waals surface area contributed by atoms with Gasteiger partial charge in [0.2, 0.25) is 0 Å². The number of nitrogens with two attached hydrogens (primary N) is 2. The number of nitrogens with zero attached hydrogens (tertiary/aromatic N) is 4. The number of aromatic nitrogens is 2. The molecule has 0 aliphatic heterocycles. The molecule has 3 rings (SSSR count). The van der Waals surface area contributed by atoms with E-state index in [0.29, 0.717) is 8.64 Å². The van der Waals surface area contributed by atoms with Gasteiger partial charge >= 0.3 is 21.1 Å². The fraction of sp³-hybridized carbons (Fsp3) is 0.333. The van der Waals surface area contributed by atoms with E-state index in [2.05, 4.69) is 0 Å². The van der Waals surface area contributed by atoms with E-state index in [1.165, 1.54) is 12.8 Å². The van der Waals surface area contributed by atoms with E-state index in [9.17, 15) is 0 Å². The summed E-state index contributed by atoms with van der Waals surface area (Å²) in [7, 11) is 0. The third kappa shape index (κ3) is 26.4. The van der Waals surface area contributed by atoms with E-state index >= 15 is 0 Å². The summed E-state index contributed by atoms with van der Waals surface area (Å²) < 4.78 is 4.33. The maximum Gasteiger partial charge on any atom is 2.00 e. The zero-order chi connectivity index (χ0) is 26.5. The van der Waals surface area contributed by atoms with Gasteiger partial charge in [-0.1, -0.05) is 25.0 Å². The number of thiocarbonyl (C=S) groups is 2. The van der Waals surface area contributed by atoms with Gasteiger partial charge in [-0.3, -0.25) is 0 Å². The monoisotopic (exact) mass is 743 g/mol. The molecule has 0 radical (unpaired) electrons. The van der Waals surface area contributed by atoms with Crippen molar-refractivity contribution in [1.29, 1.82) is 0 Å². The first-order valence-corrected chi connectivity index (χ1v) is 11.0. The van der Waals surface area contributed by atoms with Gasteiger partial charge in [0.25, 0.3) is 0 Å². The molecule has 2 aromatic rings. The Morgan fingerprint density at radius 2 is 0.943 bits per heavy atom. The van der Waals surface area contributed by atoms with E-state index < -0.39 is 10.2 Å². The molecule has 35 heavy (non-hydrogen) atoms. The van der Waals surface area contributed by atoms with Crippen LogP contribution in [0.1, 0.15) is 25.7 Å². The van der Waals surface area contributed by atoms with Gasteiger partial charge < -0.3 is 91.8 Å². The fourth-order valence-corrected chi connectivity index (χ4v) is 2.72. The van der Waals surface area contributed by atoms with Gasteiger partial charge in [-0.2, -0.15) is 9.13 Å². The standard InChI is InChI=1S/C6H14N2.2C6H5NS2.2NO3.Pt/c7-5-3-1-2-4-6(5)8;2*8-6(9)7-4-2-1-3-5-7;2*2-1(3)4;/h5-6H,1-4,7-8H2;2*1-5H;;;/q;;;2*-1;+2. The molecule has 0 bridgehead atoms. The molecule has 0 aromatic carbocycles. The van der Waals surface area contributed by atoms with Crippen molar-refractivity contribution in [3.8, 4) is 0 Å². The summed E-state index contributed by atoms with van der Waals surface area (Å²) >= 11 is 19.0. The summed E-state index contributed by atoms with van der Waals surface area (Å²) in [4.78, 5) is 16.5. The van der Waals surface area contributed by atoms with Gasteiger partial charge in [-0.05, 0) is 12.8 Å². The molecule has 17 heteroatoms. The van der Waals surface area contributed by atoms with Crippen molar-refractivity contribution in [2.45, 2.75) is 37.8 Å². The van der Waals surface area contributed by atoms with E-state index in [4.69, 9.17) is 91.8 Å². The fourth-order valence-electron chi connectivity index (χ4n) is 2.23. The van der Waals surface area contributed by atoms with E-state index in [1.54, 1.807) is 9.13 Å². The van der Waals surface area contributed by atoms with Gasteiger partial charge in [-0.25, -0.2) is 0 Å². The first-order chi connectivity index (χ1) is 15.9. The molecule has 1 aliphatic carbocycles. The summed E-state index contributed by atoms with van der Waals surface area (Å²) in [5.41, 5.74) is 11.3. The van der Waals surface area contributed by atoms with Crippen molar-refractivity contribution in [1.82, 2.24) is 0 Å². The second-order valence-corrected chi connectivity index (χ2v) is 8.22. The number of pyridine rings is 2. The van der Waals surface area contributed by atoms with Crippen molar-refractivity contribution in [2.75, 3.05) is 0 Å². The first kappa shape index (κ1) is 37.5. The normalized spacial score (nSPS) is 15.0. The molecule has 2 aromatic heterocycles. The third-order valence-corrected chi connectivity index (χ3v) is 4.57. The number of hydrogen-bond acceptors (Lipinski definition) is 12. The molecule has 12 nitrogen and oxygen atoms in total. The van der Waals surface area contributed by atoms with Gasteiger partial charge in [0.05, 0.1) is 10.2 Å². The topological polar surface area (TPSA) is 192 Å². The number of rotatable bonds is 0. The zero-order valence-electron chi connectivity index (χ0n) is 18.1.